The van der Waals surface area contributed by atoms with Crippen LogP contribution in [0.2, 0.25) is 5.02 Å². The van der Waals surface area contributed by atoms with Gasteiger partial charge in [0.25, 0.3) is 10.0 Å². The smallest absolute Gasteiger partial charge is 0.324 e. The van der Waals surface area contributed by atoms with Crippen molar-refractivity contribution in [1.29, 1.82) is 0 Å². The average molecular weight is 519 g/mol. The molecule has 0 bridgehead atoms. The van der Waals surface area contributed by atoms with Crippen LogP contribution in [0.25, 0.3) is 10.8 Å². The van der Waals surface area contributed by atoms with E-state index in [0.29, 0.717) is 16.1 Å². The van der Waals surface area contributed by atoms with E-state index >= 15 is 0 Å². The quantitative estimate of drug-likeness (QED) is 0.323. The first-order chi connectivity index (χ1) is 16.6. The van der Waals surface area contributed by atoms with E-state index in [0.717, 1.165) is 22.9 Å². The number of rotatable bonds is 6. The fourth-order valence-corrected chi connectivity index (χ4v) is 5.22. The van der Waals surface area contributed by atoms with Gasteiger partial charge in [0.05, 0.1) is 21.2 Å². The van der Waals surface area contributed by atoms with E-state index in [-0.39, 0.29) is 9.92 Å². The molecule has 0 atom stereocenters. The van der Waals surface area contributed by atoms with Crippen molar-refractivity contribution in [2.45, 2.75) is 11.1 Å². The minimum atomic E-state index is -4.74. The van der Waals surface area contributed by atoms with Gasteiger partial charge in [0.1, 0.15) is 6.54 Å². The first-order valence-corrected chi connectivity index (χ1v) is 12.1. The molecular formula is C25H18ClF3N2O3S. The van der Waals surface area contributed by atoms with Crippen LogP contribution in [0.4, 0.5) is 24.5 Å². The maximum absolute atomic E-state index is 13.4. The normalized spacial score (nSPS) is 11.9. The van der Waals surface area contributed by atoms with E-state index < -0.39 is 39.9 Å². The van der Waals surface area contributed by atoms with Crippen molar-refractivity contribution in [3.63, 3.8) is 0 Å². The van der Waals surface area contributed by atoms with E-state index in [2.05, 4.69) is 5.32 Å². The molecule has 0 aliphatic carbocycles. The summed E-state index contributed by atoms with van der Waals surface area (Å²) in [4.78, 5) is 12.7. The van der Waals surface area contributed by atoms with Gasteiger partial charge in [0.2, 0.25) is 5.91 Å². The van der Waals surface area contributed by atoms with E-state index in [1.54, 1.807) is 24.3 Å². The summed E-state index contributed by atoms with van der Waals surface area (Å²) in [6.45, 7) is -0.801. The van der Waals surface area contributed by atoms with Crippen LogP contribution in [0.5, 0.6) is 0 Å². The van der Waals surface area contributed by atoms with Gasteiger partial charge < -0.3 is 5.32 Å². The second kappa shape index (κ2) is 9.59. The number of carbonyl (C=O) groups is 1. The molecule has 0 fully saturated rings. The first kappa shape index (κ1) is 24.6. The molecule has 0 saturated carbocycles. The summed E-state index contributed by atoms with van der Waals surface area (Å²) in [5.41, 5.74) is -1.15. The molecule has 4 aromatic rings. The van der Waals surface area contributed by atoms with Gasteiger partial charge in [-0.1, -0.05) is 60.1 Å². The van der Waals surface area contributed by atoms with Crippen LogP contribution >= 0.6 is 11.6 Å². The average Bonchev–Trinajstić information content (AvgIpc) is 2.83. The second-order valence-electron chi connectivity index (χ2n) is 7.60. The highest BCUT2D eigenvalue weighted by molar-refractivity contribution is 7.92. The van der Waals surface area contributed by atoms with Crippen LogP contribution in [0, 0.1) is 0 Å². The third-order valence-corrected chi connectivity index (χ3v) is 7.29. The zero-order chi connectivity index (χ0) is 25.2. The zero-order valence-electron chi connectivity index (χ0n) is 18.0. The Hall–Kier alpha value is -3.56. The van der Waals surface area contributed by atoms with Gasteiger partial charge in [-0.15, -0.1) is 0 Å². The minimum absolute atomic E-state index is 0.202. The molecule has 180 valence electrons. The first-order valence-electron chi connectivity index (χ1n) is 10.3. The van der Waals surface area contributed by atoms with Crippen molar-refractivity contribution in [1.82, 2.24) is 0 Å². The summed E-state index contributed by atoms with van der Waals surface area (Å²) < 4.78 is 67.5. The van der Waals surface area contributed by atoms with E-state index in [4.69, 9.17) is 11.6 Å². The highest BCUT2D eigenvalue weighted by atomic mass is 35.5. The van der Waals surface area contributed by atoms with Crippen molar-refractivity contribution >= 4 is 49.7 Å². The molecule has 0 heterocycles. The van der Waals surface area contributed by atoms with Gasteiger partial charge >= 0.3 is 6.18 Å². The van der Waals surface area contributed by atoms with Crippen molar-refractivity contribution in [3.8, 4) is 0 Å². The number of nitrogens with zero attached hydrogens (tertiary/aromatic N) is 1. The number of nitrogens with one attached hydrogen (secondary N) is 1. The molecular weight excluding hydrogens is 501 g/mol. The topological polar surface area (TPSA) is 66.5 Å². The molecule has 35 heavy (non-hydrogen) atoms. The number of sulfonamides is 1. The number of fused-ring (bicyclic) bond motifs is 1. The predicted molar refractivity (Wildman–Crippen MR) is 130 cm³/mol. The number of anilines is 2. The molecule has 0 unspecified atom stereocenters. The van der Waals surface area contributed by atoms with Crippen molar-refractivity contribution < 1.29 is 26.4 Å². The molecule has 0 aliphatic rings. The molecule has 10 heteroatoms. The molecule has 0 radical (unpaired) electrons. The van der Waals surface area contributed by atoms with E-state index in [1.807, 2.05) is 24.3 Å². The molecule has 1 amide bonds. The number of alkyl halides is 3. The molecule has 0 aliphatic heterocycles. The fraction of sp³-hybridized carbons (Fsp3) is 0.0800. The Morgan fingerprint density at radius 1 is 0.857 bits per heavy atom. The van der Waals surface area contributed by atoms with E-state index in [1.165, 1.54) is 24.3 Å². The lowest BCUT2D eigenvalue weighted by Crippen LogP contribution is -2.38. The highest BCUT2D eigenvalue weighted by Gasteiger charge is 2.34. The predicted octanol–water partition coefficient (Wildman–Crippen LogP) is 6.35. The second-order valence-corrected chi connectivity index (χ2v) is 9.87. The monoisotopic (exact) mass is 518 g/mol. The Morgan fingerprint density at radius 2 is 1.51 bits per heavy atom. The van der Waals surface area contributed by atoms with E-state index in [9.17, 15) is 26.4 Å². The Bertz CT molecular complexity index is 1490. The number of halogens is 4. The summed E-state index contributed by atoms with van der Waals surface area (Å²) in [5.74, 6) is -0.756. The number of hydrogen-bond acceptors (Lipinski definition) is 3. The van der Waals surface area contributed by atoms with Crippen molar-refractivity contribution in [2.24, 2.45) is 0 Å². The van der Waals surface area contributed by atoms with Crippen LogP contribution in [-0.4, -0.2) is 20.9 Å². The molecule has 5 nitrogen and oxygen atoms in total. The number of carbonyl (C=O) groups excluding carboxylic acids is 1. The number of amides is 1. The summed E-state index contributed by atoms with van der Waals surface area (Å²) in [6.07, 6.45) is -4.74. The Morgan fingerprint density at radius 3 is 2.20 bits per heavy atom. The molecule has 0 saturated heterocycles. The fourth-order valence-electron chi connectivity index (χ4n) is 3.50. The molecule has 0 aromatic heterocycles. The molecule has 4 rings (SSSR count). The summed E-state index contributed by atoms with van der Waals surface area (Å²) in [5, 5.41) is 4.14. The zero-order valence-corrected chi connectivity index (χ0v) is 19.5. The Kier molecular flexibility index (Phi) is 6.73. The van der Waals surface area contributed by atoms with Crippen LogP contribution in [0.15, 0.2) is 95.9 Å². The van der Waals surface area contributed by atoms with Crippen LogP contribution in [0.1, 0.15) is 5.56 Å². The Balaban J connectivity index is 1.72. The maximum atomic E-state index is 13.4. The minimum Gasteiger partial charge on any atom is -0.324 e. The lowest BCUT2D eigenvalue weighted by molar-refractivity contribution is -0.137. The molecule has 4 aromatic carbocycles. The third kappa shape index (κ3) is 5.41. The summed E-state index contributed by atoms with van der Waals surface area (Å²) in [6, 6.07) is 22.0. The van der Waals surface area contributed by atoms with Gasteiger partial charge in [-0.2, -0.15) is 13.2 Å². The van der Waals surface area contributed by atoms with Gasteiger partial charge in [-0.05, 0) is 53.2 Å². The lowest BCUT2D eigenvalue weighted by atomic mass is 10.1. The van der Waals surface area contributed by atoms with Crippen LogP contribution in [-0.2, 0) is 21.0 Å². The third-order valence-electron chi connectivity index (χ3n) is 5.19. The highest BCUT2D eigenvalue weighted by Crippen LogP contribution is 2.37. The lowest BCUT2D eigenvalue weighted by Gasteiger charge is -2.26. The van der Waals surface area contributed by atoms with Gasteiger partial charge in [-0.25, -0.2) is 8.42 Å². The Labute approximate surface area is 204 Å². The van der Waals surface area contributed by atoms with Gasteiger partial charge in [0.15, 0.2) is 0 Å². The van der Waals surface area contributed by atoms with Gasteiger partial charge in [-0.3, -0.25) is 9.10 Å². The number of benzene rings is 4. The SMILES string of the molecule is O=C(CN(c1cc(C(F)(F)F)ccc1Cl)S(=O)(=O)c1ccccc1)Nc1ccc2ccccc2c1. The van der Waals surface area contributed by atoms with Crippen molar-refractivity contribution in [3.05, 3.63) is 102 Å². The molecule has 0 spiro atoms. The standard InChI is InChI=1S/C25H18ClF3N2O3S/c26-22-13-11-19(25(27,28)29)15-23(22)31(35(33,34)21-8-2-1-3-9-21)16-24(32)30-20-12-10-17-6-4-5-7-18(17)14-20/h1-15H,16H2,(H,30,32). The summed E-state index contributed by atoms with van der Waals surface area (Å²) >= 11 is 6.14. The largest absolute Gasteiger partial charge is 0.416 e. The van der Waals surface area contributed by atoms with Crippen LogP contribution in [0.3, 0.4) is 0 Å². The van der Waals surface area contributed by atoms with Crippen molar-refractivity contribution in [2.75, 3.05) is 16.2 Å². The van der Waals surface area contributed by atoms with Crippen LogP contribution < -0.4 is 9.62 Å². The van der Waals surface area contributed by atoms with Gasteiger partial charge in [0, 0.05) is 5.69 Å². The summed E-state index contributed by atoms with van der Waals surface area (Å²) in [7, 11) is -4.44. The number of hydrogen-bond donors (Lipinski definition) is 1. The molecule has 1 N–H and O–H groups in total. The maximum Gasteiger partial charge on any atom is 0.416 e.